The second-order valence-corrected chi connectivity index (χ2v) is 7.24. The summed E-state index contributed by atoms with van der Waals surface area (Å²) in [6, 6.07) is 9.50. The monoisotopic (exact) mass is 327 g/mol. The lowest BCUT2D eigenvalue weighted by Crippen LogP contribution is -2.57. The van der Waals surface area contributed by atoms with E-state index in [-0.39, 0.29) is 12.0 Å². The number of aryl methyl sites for hydroxylation is 1. The molecule has 1 aliphatic carbocycles. The Hall–Kier alpha value is -1.72. The Labute approximate surface area is 143 Å². The standard InChI is InChI=1S/C19H25N3O2/c1-13(2)19-21-20-18(24-19)12-23-17-10-22(11-17)16-8-7-14-5-3-4-6-15(14)9-16/h3-6,13,16-17H,7-12H2,1-2H3. The molecule has 1 atom stereocenters. The number of nitrogens with zero attached hydrogens (tertiary/aromatic N) is 3. The number of benzene rings is 1. The van der Waals surface area contributed by atoms with Crippen molar-refractivity contribution < 1.29 is 9.15 Å². The van der Waals surface area contributed by atoms with Gasteiger partial charge in [-0.2, -0.15) is 0 Å². The molecule has 128 valence electrons. The lowest BCUT2D eigenvalue weighted by Gasteiger charge is -2.45. The first-order chi connectivity index (χ1) is 11.7. The van der Waals surface area contributed by atoms with Crippen molar-refractivity contribution in [2.24, 2.45) is 0 Å². The second kappa shape index (κ2) is 6.65. The highest BCUT2D eigenvalue weighted by Gasteiger charge is 2.34. The van der Waals surface area contributed by atoms with Crippen LogP contribution in [-0.4, -0.2) is 40.3 Å². The maximum Gasteiger partial charge on any atom is 0.242 e. The molecule has 5 nitrogen and oxygen atoms in total. The molecule has 1 aliphatic heterocycles. The van der Waals surface area contributed by atoms with E-state index in [1.165, 1.54) is 30.4 Å². The van der Waals surface area contributed by atoms with Crippen molar-refractivity contribution in [3.8, 4) is 0 Å². The molecule has 0 bridgehead atoms. The van der Waals surface area contributed by atoms with Crippen LogP contribution in [0.2, 0.25) is 0 Å². The van der Waals surface area contributed by atoms with Crippen molar-refractivity contribution >= 4 is 0 Å². The van der Waals surface area contributed by atoms with Crippen molar-refractivity contribution in [2.45, 2.75) is 57.8 Å². The fourth-order valence-electron chi connectivity index (χ4n) is 3.61. The summed E-state index contributed by atoms with van der Waals surface area (Å²) >= 11 is 0. The van der Waals surface area contributed by atoms with Gasteiger partial charge in [0.2, 0.25) is 11.8 Å². The zero-order valence-corrected chi connectivity index (χ0v) is 14.4. The molecule has 0 spiro atoms. The summed E-state index contributed by atoms with van der Waals surface area (Å²) in [6.45, 7) is 6.54. The van der Waals surface area contributed by atoms with Gasteiger partial charge in [-0.15, -0.1) is 10.2 Å². The highest BCUT2D eigenvalue weighted by Crippen LogP contribution is 2.28. The first-order valence-electron chi connectivity index (χ1n) is 8.93. The number of hydrogen-bond donors (Lipinski definition) is 0. The average molecular weight is 327 g/mol. The van der Waals surface area contributed by atoms with Crippen molar-refractivity contribution in [3.63, 3.8) is 0 Å². The van der Waals surface area contributed by atoms with Gasteiger partial charge in [0.25, 0.3) is 0 Å². The molecule has 4 rings (SSSR count). The van der Waals surface area contributed by atoms with Crippen LogP contribution in [0.3, 0.4) is 0 Å². The van der Waals surface area contributed by atoms with Gasteiger partial charge in [-0.25, -0.2) is 0 Å². The van der Waals surface area contributed by atoms with Crippen molar-refractivity contribution in [1.29, 1.82) is 0 Å². The topological polar surface area (TPSA) is 51.4 Å². The molecule has 2 heterocycles. The number of fused-ring (bicyclic) bond motifs is 1. The summed E-state index contributed by atoms with van der Waals surface area (Å²) in [5, 5.41) is 8.09. The van der Waals surface area contributed by atoms with E-state index in [4.69, 9.17) is 9.15 Å². The lowest BCUT2D eigenvalue weighted by molar-refractivity contribution is -0.0856. The summed E-state index contributed by atoms with van der Waals surface area (Å²) < 4.78 is 11.5. The van der Waals surface area contributed by atoms with Crippen molar-refractivity contribution in [2.75, 3.05) is 13.1 Å². The van der Waals surface area contributed by atoms with Gasteiger partial charge in [0.1, 0.15) is 6.61 Å². The molecular weight excluding hydrogens is 302 g/mol. The molecule has 1 aromatic heterocycles. The van der Waals surface area contributed by atoms with Gasteiger partial charge < -0.3 is 9.15 Å². The molecule has 5 heteroatoms. The molecule has 1 saturated heterocycles. The summed E-state index contributed by atoms with van der Waals surface area (Å²) in [5.74, 6) is 1.54. The minimum Gasteiger partial charge on any atom is -0.422 e. The first-order valence-corrected chi connectivity index (χ1v) is 8.93. The van der Waals surface area contributed by atoms with E-state index in [9.17, 15) is 0 Å². The molecule has 1 unspecified atom stereocenters. The van der Waals surface area contributed by atoms with Crippen LogP contribution in [0.1, 0.15) is 49.1 Å². The quantitative estimate of drug-likeness (QED) is 0.845. The molecule has 0 radical (unpaired) electrons. The van der Waals surface area contributed by atoms with Crippen LogP contribution in [-0.2, 0) is 24.2 Å². The van der Waals surface area contributed by atoms with Crippen LogP contribution < -0.4 is 0 Å². The van der Waals surface area contributed by atoms with E-state index in [0.717, 1.165) is 13.1 Å². The lowest BCUT2D eigenvalue weighted by atomic mass is 9.86. The van der Waals surface area contributed by atoms with E-state index < -0.39 is 0 Å². The van der Waals surface area contributed by atoms with Gasteiger partial charge in [-0.05, 0) is 30.4 Å². The van der Waals surface area contributed by atoms with Gasteiger partial charge >= 0.3 is 0 Å². The zero-order valence-electron chi connectivity index (χ0n) is 14.4. The third-order valence-corrected chi connectivity index (χ3v) is 5.13. The minimum absolute atomic E-state index is 0.264. The smallest absolute Gasteiger partial charge is 0.242 e. The zero-order chi connectivity index (χ0) is 16.5. The van der Waals surface area contributed by atoms with Gasteiger partial charge in [0.05, 0.1) is 6.10 Å². The molecule has 1 fully saturated rings. The largest absolute Gasteiger partial charge is 0.422 e. The maximum atomic E-state index is 5.91. The predicted octanol–water partition coefficient (Wildman–Crippen LogP) is 2.95. The highest BCUT2D eigenvalue weighted by atomic mass is 16.5. The van der Waals surface area contributed by atoms with Gasteiger partial charge in [-0.1, -0.05) is 38.1 Å². The third-order valence-electron chi connectivity index (χ3n) is 5.13. The van der Waals surface area contributed by atoms with Crippen LogP contribution in [0.4, 0.5) is 0 Å². The summed E-state index contributed by atoms with van der Waals surface area (Å²) in [4.78, 5) is 2.55. The Morgan fingerprint density at radius 1 is 1.21 bits per heavy atom. The number of rotatable bonds is 5. The second-order valence-electron chi connectivity index (χ2n) is 7.24. The SMILES string of the molecule is CC(C)c1nnc(COC2CN(C3CCc4ccccc4C3)C2)o1. The van der Waals surface area contributed by atoms with Crippen LogP contribution in [0.5, 0.6) is 0 Å². The molecule has 2 aromatic rings. The number of ether oxygens (including phenoxy) is 1. The fraction of sp³-hybridized carbons (Fsp3) is 0.579. The molecule has 0 saturated carbocycles. The van der Waals surface area contributed by atoms with Crippen molar-refractivity contribution in [3.05, 3.63) is 47.2 Å². The molecule has 0 N–H and O–H groups in total. The molecule has 0 amide bonds. The Morgan fingerprint density at radius 2 is 2.00 bits per heavy atom. The van der Waals surface area contributed by atoms with Gasteiger partial charge in [-0.3, -0.25) is 4.90 Å². The van der Waals surface area contributed by atoms with E-state index in [1.807, 2.05) is 13.8 Å². The highest BCUT2D eigenvalue weighted by molar-refractivity contribution is 5.30. The summed E-state index contributed by atoms with van der Waals surface area (Å²) in [7, 11) is 0. The number of hydrogen-bond acceptors (Lipinski definition) is 5. The Bertz CT molecular complexity index is 691. The van der Waals surface area contributed by atoms with E-state index >= 15 is 0 Å². The predicted molar refractivity (Wildman–Crippen MR) is 90.8 cm³/mol. The third kappa shape index (κ3) is 3.23. The van der Waals surface area contributed by atoms with E-state index in [1.54, 1.807) is 0 Å². The first kappa shape index (κ1) is 15.8. The molecule has 1 aromatic carbocycles. The Balaban J connectivity index is 1.24. The van der Waals surface area contributed by atoms with Crippen LogP contribution in [0, 0.1) is 0 Å². The normalized spacial score (nSPS) is 21.7. The molecule has 24 heavy (non-hydrogen) atoms. The average Bonchev–Trinajstić information content (AvgIpc) is 3.02. The number of likely N-dealkylation sites (tertiary alicyclic amines) is 1. The van der Waals surface area contributed by atoms with Crippen LogP contribution >= 0.6 is 0 Å². The number of aromatic nitrogens is 2. The Morgan fingerprint density at radius 3 is 2.75 bits per heavy atom. The Kier molecular flexibility index (Phi) is 4.37. The maximum absolute atomic E-state index is 5.91. The van der Waals surface area contributed by atoms with E-state index in [2.05, 4.69) is 39.4 Å². The van der Waals surface area contributed by atoms with E-state index in [0.29, 0.717) is 24.4 Å². The minimum atomic E-state index is 0.264. The van der Waals surface area contributed by atoms with Crippen molar-refractivity contribution in [1.82, 2.24) is 15.1 Å². The van der Waals surface area contributed by atoms with Crippen LogP contribution in [0.15, 0.2) is 28.7 Å². The fourth-order valence-corrected chi connectivity index (χ4v) is 3.61. The summed E-state index contributed by atoms with van der Waals surface area (Å²) in [6.07, 6.45) is 3.91. The molecule has 2 aliphatic rings. The van der Waals surface area contributed by atoms with Gasteiger partial charge in [0.15, 0.2) is 0 Å². The summed E-state index contributed by atoms with van der Waals surface area (Å²) in [5.41, 5.74) is 3.05. The van der Waals surface area contributed by atoms with Gasteiger partial charge in [0, 0.05) is 25.0 Å². The molecular formula is C19H25N3O2. The van der Waals surface area contributed by atoms with Crippen LogP contribution in [0.25, 0.3) is 0 Å².